The number of nitrogens with one attached hydrogen (secondary N) is 1. The number of carbonyl (C=O) groups is 2. The molecule has 0 radical (unpaired) electrons. The quantitative estimate of drug-likeness (QED) is 0.855. The zero-order chi connectivity index (χ0) is 16.3. The maximum absolute atomic E-state index is 11.9. The number of hydrogen-bond donors (Lipinski definition) is 2. The molecule has 0 aromatic heterocycles. The van der Waals surface area contributed by atoms with E-state index < -0.39 is 5.54 Å². The predicted octanol–water partition coefficient (Wildman–Crippen LogP) is 0.734. The summed E-state index contributed by atoms with van der Waals surface area (Å²) >= 11 is 0. The van der Waals surface area contributed by atoms with Crippen LogP contribution >= 0.6 is 0 Å². The highest BCUT2D eigenvalue weighted by atomic mass is 16.5. The molecule has 2 amide bonds. The van der Waals surface area contributed by atoms with E-state index in [4.69, 9.17) is 15.2 Å². The second-order valence-corrected chi connectivity index (χ2v) is 5.66. The first kappa shape index (κ1) is 16.3. The Hall–Kier alpha value is -2.12. The van der Waals surface area contributed by atoms with Crippen LogP contribution in [-0.4, -0.2) is 44.2 Å². The highest BCUT2D eigenvalue weighted by molar-refractivity contribution is 5.99. The summed E-state index contributed by atoms with van der Waals surface area (Å²) in [4.78, 5) is 25.4. The van der Waals surface area contributed by atoms with Gasteiger partial charge in [-0.15, -0.1) is 0 Å². The Morgan fingerprint density at radius 2 is 2.18 bits per heavy atom. The Balaban J connectivity index is 2.24. The van der Waals surface area contributed by atoms with E-state index in [0.29, 0.717) is 30.3 Å². The van der Waals surface area contributed by atoms with E-state index in [9.17, 15) is 9.59 Å². The Labute approximate surface area is 129 Å². The fraction of sp³-hybridized carbons (Fsp3) is 0.467. The van der Waals surface area contributed by atoms with E-state index in [1.54, 1.807) is 36.9 Å². The Bertz CT molecular complexity index is 581. The first-order valence-electron chi connectivity index (χ1n) is 6.99. The number of rotatable bonds is 4. The van der Waals surface area contributed by atoms with E-state index in [1.807, 2.05) is 0 Å². The number of benzene rings is 1. The van der Waals surface area contributed by atoms with Crippen molar-refractivity contribution in [2.24, 2.45) is 5.73 Å². The molecule has 0 atom stereocenters. The maximum Gasteiger partial charge on any atom is 0.253 e. The van der Waals surface area contributed by atoms with Crippen molar-refractivity contribution < 1.29 is 19.1 Å². The fourth-order valence-electron chi connectivity index (χ4n) is 2.04. The van der Waals surface area contributed by atoms with E-state index in [2.05, 4.69) is 5.32 Å². The SMILES string of the molecule is COc1cc(NC(=O)C(C)(C)N)ccc1N1CCOCC1=O. The van der Waals surface area contributed by atoms with Crippen molar-refractivity contribution in [1.82, 2.24) is 0 Å². The summed E-state index contributed by atoms with van der Waals surface area (Å²) in [5, 5.41) is 2.73. The first-order valence-corrected chi connectivity index (χ1v) is 6.99. The van der Waals surface area contributed by atoms with Gasteiger partial charge in [-0.05, 0) is 26.0 Å². The Kier molecular flexibility index (Phi) is 4.68. The second kappa shape index (κ2) is 6.33. The molecule has 0 spiro atoms. The van der Waals surface area contributed by atoms with Crippen molar-refractivity contribution >= 4 is 23.2 Å². The average molecular weight is 307 g/mol. The minimum Gasteiger partial charge on any atom is -0.494 e. The molecule has 0 saturated carbocycles. The molecule has 1 heterocycles. The maximum atomic E-state index is 11.9. The summed E-state index contributed by atoms with van der Waals surface area (Å²) in [6.45, 7) is 4.26. The molecule has 1 saturated heterocycles. The number of nitrogens with zero attached hydrogens (tertiary/aromatic N) is 1. The molecule has 1 aromatic carbocycles. The lowest BCUT2D eigenvalue weighted by Gasteiger charge is -2.28. The van der Waals surface area contributed by atoms with E-state index >= 15 is 0 Å². The summed E-state index contributed by atoms with van der Waals surface area (Å²) in [5.74, 6) is 0.0806. The van der Waals surface area contributed by atoms with Gasteiger partial charge < -0.3 is 25.4 Å². The number of amides is 2. The van der Waals surface area contributed by atoms with Crippen molar-refractivity contribution in [1.29, 1.82) is 0 Å². The molecule has 1 aliphatic heterocycles. The van der Waals surface area contributed by atoms with Crippen LogP contribution in [0.4, 0.5) is 11.4 Å². The van der Waals surface area contributed by atoms with Crippen LogP contribution in [0.25, 0.3) is 0 Å². The number of morpholine rings is 1. The Morgan fingerprint density at radius 1 is 1.45 bits per heavy atom. The van der Waals surface area contributed by atoms with Gasteiger partial charge in [-0.1, -0.05) is 0 Å². The van der Waals surface area contributed by atoms with Gasteiger partial charge in [0.05, 0.1) is 24.9 Å². The normalized spacial score (nSPS) is 15.6. The number of carbonyl (C=O) groups excluding carboxylic acids is 2. The van der Waals surface area contributed by atoms with Crippen LogP contribution in [0, 0.1) is 0 Å². The minimum absolute atomic E-state index is 0.0585. The highest BCUT2D eigenvalue weighted by Crippen LogP contribution is 2.32. The van der Waals surface area contributed by atoms with Crippen molar-refractivity contribution in [3.63, 3.8) is 0 Å². The third-order valence-corrected chi connectivity index (χ3v) is 3.30. The zero-order valence-electron chi connectivity index (χ0n) is 13.0. The van der Waals surface area contributed by atoms with E-state index in [0.717, 1.165) is 0 Å². The smallest absolute Gasteiger partial charge is 0.253 e. The van der Waals surface area contributed by atoms with Crippen LogP contribution < -0.4 is 20.7 Å². The van der Waals surface area contributed by atoms with Crippen LogP contribution in [0.1, 0.15) is 13.8 Å². The molecule has 1 aliphatic rings. The van der Waals surface area contributed by atoms with Crippen molar-refractivity contribution in [3.8, 4) is 5.75 Å². The van der Waals surface area contributed by atoms with Gasteiger partial charge in [-0.25, -0.2) is 0 Å². The van der Waals surface area contributed by atoms with E-state index in [-0.39, 0.29) is 18.4 Å². The average Bonchev–Trinajstić information content (AvgIpc) is 2.47. The number of ether oxygens (including phenoxy) is 2. The molecule has 0 aliphatic carbocycles. The number of methoxy groups -OCH3 is 1. The summed E-state index contributed by atoms with van der Waals surface area (Å²) in [7, 11) is 1.52. The van der Waals surface area contributed by atoms with Gasteiger partial charge >= 0.3 is 0 Å². The Morgan fingerprint density at radius 3 is 2.77 bits per heavy atom. The lowest BCUT2D eigenvalue weighted by Crippen LogP contribution is -2.45. The van der Waals surface area contributed by atoms with Crippen LogP contribution in [0.5, 0.6) is 5.75 Å². The monoisotopic (exact) mass is 307 g/mol. The van der Waals surface area contributed by atoms with Gasteiger partial charge in [-0.3, -0.25) is 9.59 Å². The molecular formula is C15H21N3O4. The predicted molar refractivity (Wildman–Crippen MR) is 83.1 cm³/mol. The van der Waals surface area contributed by atoms with Crippen LogP contribution in [0.2, 0.25) is 0 Å². The molecule has 22 heavy (non-hydrogen) atoms. The summed E-state index contributed by atoms with van der Waals surface area (Å²) in [5.41, 5.74) is 5.99. The van der Waals surface area contributed by atoms with Crippen molar-refractivity contribution in [3.05, 3.63) is 18.2 Å². The van der Waals surface area contributed by atoms with E-state index in [1.165, 1.54) is 7.11 Å². The standard InChI is InChI=1S/C15H21N3O4/c1-15(2,16)14(20)17-10-4-5-11(12(8-10)21-3)18-6-7-22-9-13(18)19/h4-5,8H,6-7,9,16H2,1-3H3,(H,17,20). The lowest BCUT2D eigenvalue weighted by atomic mass is 10.1. The van der Waals surface area contributed by atoms with Crippen LogP contribution in [0.3, 0.4) is 0 Å². The molecule has 0 bridgehead atoms. The van der Waals surface area contributed by atoms with Gasteiger partial charge in [0.15, 0.2) is 0 Å². The molecule has 1 fully saturated rings. The summed E-state index contributed by atoms with van der Waals surface area (Å²) < 4.78 is 10.5. The molecule has 0 unspecified atom stereocenters. The second-order valence-electron chi connectivity index (χ2n) is 5.66. The number of anilines is 2. The van der Waals surface area contributed by atoms with Crippen molar-refractivity contribution in [2.75, 3.05) is 37.1 Å². The molecule has 1 aromatic rings. The summed E-state index contributed by atoms with van der Waals surface area (Å²) in [6.07, 6.45) is 0. The highest BCUT2D eigenvalue weighted by Gasteiger charge is 2.25. The van der Waals surface area contributed by atoms with Crippen LogP contribution in [0.15, 0.2) is 18.2 Å². The van der Waals surface area contributed by atoms with Gasteiger partial charge in [0, 0.05) is 18.3 Å². The number of hydrogen-bond acceptors (Lipinski definition) is 5. The summed E-state index contributed by atoms with van der Waals surface area (Å²) in [6, 6.07) is 5.12. The largest absolute Gasteiger partial charge is 0.494 e. The third-order valence-electron chi connectivity index (χ3n) is 3.30. The van der Waals surface area contributed by atoms with Crippen LogP contribution in [-0.2, 0) is 14.3 Å². The molecule has 2 rings (SSSR count). The minimum atomic E-state index is -0.980. The van der Waals surface area contributed by atoms with Gasteiger partial charge in [-0.2, -0.15) is 0 Å². The topological polar surface area (TPSA) is 93.9 Å². The van der Waals surface area contributed by atoms with Gasteiger partial charge in [0.25, 0.3) is 5.91 Å². The lowest BCUT2D eigenvalue weighted by molar-refractivity contribution is -0.125. The van der Waals surface area contributed by atoms with Crippen molar-refractivity contribution in [2.45, 2.75) is 19.4 Å². The zero-order valence-corrected chi connectivity index (χ0v) is 13.0. The molecule has 7 nitrogen and oxygen atoms in total. The van der Waals surface area contributed by atoms with Gasteiger partial charge in [0.1, 0.15) is 12.4 Å². The third kappa shape index (κ3) is 3.55. The molecule has 3 N–H and O–H groups in total. The fourth-order valence-corrected chi connectivity index (χ4v) is 2.04. The first-order chi connectivity index (χ1) is 10.3. The molecule has 7 heteroatoms. The molecular weight excluding hydrogens is 286 g/mol. The van der Waals surface area contributed by atoms with Gasteiger partial charge in [0.2, 0.25) is 5.91 Å². The number of nitrogens with two attached hydrogens (primary N) is 1. The molecule has 120 valence electrons.